The predicted octanol–water partition coefficient (Wildman–Crippen LogP) is 4.86. The van der Waals surface area contributed by atoms with Crippen molar-refractivity contribution in [1.82, 2.24) is 4.57 Å². The van der Waals surface area contributed by atoms with Crippen LogP contribution in [0.2, 0.25) is 0 Å². The lowest BCUT2D eigenvalue weighted by molar-refractivity contribution is -0.115. The normalized spacial score (nSPS) is 10.6. The topological polar surface area (TPSA) is 72.4 Å². The van der Waals surface area contributed by atoms with Gasteiger partial charge in [-0.3, -0.25) is 10.1 Å². The van der Waals surface area contributed by atoms with Crippen LogP contribution in [-0.2, 0) is 16.0 Å². The first-order chi connectivity index (χ1) is 14.0. The van der Waals surface area contributed by atoms with Gasteiger partial charge in [0.1, 0.15) is 0 Å². The van der Waals surface area contributed by atoms with Crippen molar-refractivity contribution in [2.75, 3.05) is 17.2 Å². The Morgan fingerprint density at radius 2 is 1.59 bits per heavy atom. The van der Waals surface area contributed by atoms with Crippen molar-refractivity contribution in [1.29, 1.82) is 0 Å². The first-order valence-corrected chi connectivity index (χ1v) is 9.55. The Morgan fingerprint density at radius 1 is 0.931 bits per heavy atom. The van der Waals surface area contributed by atoms with Crippen molar-refractivity contribution in [3.05, 3.63) is 78.6 Å². The number of rotatable bonds is 7. The molecule has 1 heterocycles. The van der Waals surface area contributed by atoms with Crippen LogP contribution in [-0.4, -0.2) is 23.2 Å². The highest BCUT2D eigenvalue weighted by Crippen LogP contribution is 2.16. The third-order valence-electron chi connectivity index (χ3n) is 4.14. The molecule has 6 heteroatoms. The van der Waals surface area contributed by atoms with Crippen LogP contribution < -0.4 is 10.6 Å². The van der Waals surface area contributed by atoms with E-state index in [1.54, 1.807) is 24.3 Å². The number of benzene rings is 2. The summed E-state index contributed by atoms with van der Waals surface area (Å²) >= 11 is 0. The molecular formula is C23H25N3O3. The molecule has 2 amide bonds. The van der Waals surface area contributed by atoms with Crippen LogP contribution in [0.4, 0.5) is 16.2 Å². The van der Waals surface area contributed by atoms with Gasteiger partial charge in [0.2, 0.25) is 5.91 Å². The molecule has 0 aliphatic rings. The molecule has 150 valence electrons. The summed E-state index contributed by atoms with van der Waals surface area (Å²) in [6.45, 7) is 4.29. The highest BCUT2D eigenvalue weighted by atomic mass is 16.5. The summed E-state index contributed by atoms with van der Waals surface area (Å²) in [7, 11) is 0. The molecule has 2 aromatic carbocycles. The summed E-state index contributed by atoms with van der Waals surface area (Å²) in [5, 5.41) is 5.53. The van der Waals surface area contributed by atoms with E-state index in [1.165, 1.54) is 0 Å². The molecule has 0 spiro atoms. The molecule has 0 unspecified atom stereocenters. The molecule has 0 saturated heterocycles. The summed E-state index contributed by atoms with van der Waals surface area (Å²) in [5.41, 5.74) is 3.14. The van der Waals surface area contributed by atoms with Gasteiger partial charge in [0.25, 0.3) is 0 Å². The minimum atomic E-state index is -0.509. The van der Waals surface area contributed by atoms with Gasteiger partial charge in [-0.05, 0) is 53.9 Å². The van der Waals surface area contributed by atoms with Crippen molar-refractivity contribution in [3.63, 3.8) is 0 Å². The van der Waals surface area contributed by atoms with Crippen LogP contribution in [0, 0.1) is 5.92 Å². The fourth-order valence-electron chi connectivity index (χ4n) is 2.75. The molecule has 3 rings (SSSR count). The summed E-state index contributed by atoms with van der Waals surface area (Å²) < 4.78 is 7.11. The second-order valence-corrected chi connectivity index (χ2v) is 7.18. The number of aromatic nitrogens is 1. The van der Waals surface area contributed by atoms with Crippen molar-refractivity contribution in [3.8, 4) is 5.69 Å². The smallest absolute Gasteiger partial charge is 0.411 e. The summed E-state index contributed by atoms with van der Waals surface area (Å²) in [6.07, 6.45) is 3.70. The van der Waals surface area contributed by atoms with Crippen LogP contribution in [0.25, 0.3) is 5.69 Å². The number of hydrogen-bond donors (Lipinski definition) is 2. The first kappa shape index (κ1) is 20.2. The number of carbonyl (C=O) groups excluding carboxylic acids is 2. The fourth-order valence-corrected chi connectivity index (χ4v) is 2.75. The van der Waals surface area contributed by atoms with Crippen molar-refractivity contribution in [2.45, 2.75) is 20.3 Å². The first-order valence-electron chi connectivity index (χ1n) is 9.55. The van der Waals surface area contributed by atoms with Gasteiger partial charge in [0.15, 0.2) is 0 Å². The zero-order valence-electron chi connectivity index (χ0n) is 16.6. The SMILES string of the molecule is CC(C)COC(=O)Nc1cccc(NC(=O)Cc2ccc(-n3cccc3)cc2)c1. The maximum Gasteiger partial charge on any atom is 0.411 e. The van der Waals surface area contributed by atoms with E-state index in [1.807, 2.05) is 67.2 Å². The van der Waals surface area contributed by atoms with E-state index in [-0.39, 0.29) is 18.2 Å². The van der Waals surface area contributed by atoms with Crippen LogP contribution in [0.1, 0.15) is 19.4 Å². The van der Waals surface area contributed by atoms with Gasteiger partial charge in [0, 0.05) is 29.5 Å². The van der Waals surface area contributed by atoms with E-state index in [0.29, 0.717) is 18.0 Å². The molecule has 0 aliphatic heterocycles. The lowest BCUT2D eigenvalue weighted by Crippen LogP contribution is -2.17. The summed E-state index contributed by atoms with van der Waals surface area (Å²) in [5.74, 6) is 0.141. The number of anilines is 2. The minimum absolute atomic E-state index is 0.127. The quantitative estimate of drug-likeness (QED) is 0.604. The number of nitrogens with one attached hydrogen (secondary N) is 2. The molecule has 0 atom stereocenters. The molecule has 6 nitrogen and oxygen atoms in total. The van der Waals surface area contributed by atoms with Gasteiger partial charge in [-0.2, -0.15) is 0 Å². The third-order valence-corrected chi connectivity index (χ3v) is 4.14. The Balaban J connectivity index is 1.54. The van der Waals surface area contributed by atoms with Crippen LogP contribution >= 0.6 is 0 Å². The minimum Gasteiger partial charge on any atom is -0.449 e. The summed E-state index contributed by atoms with van der Waals surface area (Å²) in [4.78, 5) is 24.2. The Hall–Kier alpha value is -3.54. The number of amides is 2. The van der Waals surface area contributed by atoms with Crippen LogP contribution in [0.5, 0.6) is 0 Å². The van der Waals surface area contributed by atoms with E-state index in [2.05, 4.69) is 10.6 Å². The largest absolute Gasteiger partial charge is 0.449 e. The van der Waals surface area contributed by atoms with E-state index in [4.69, 9.17) is 4.74 Å². The van der Waals surface area contributed by atoms with E-state index >= 15 is 0 Å². The molecule has 29 heavy (non-hydrogen) atoms. The van der Waals surface area contributed by atoms with Gasteiger partial charge in [0.05, 0.1) is 13.0 Å². The Bertz CT molecular complexity index is 948. The van der Waals surface area contributed by atoms with Gasteiger partial charge in [-0.25, -0.2) is 4.79 Å². The Morgan fingerprint density at radius 3 is 2.24 bits per heavy atom. The molecule has 2 N–H and O–H groups in total. The van der Waals surface area contributed by atoms with Gasteiger partial charge >= 0.3 is 6.09 Å². The number of carbonyl (C=O) groups is 2. The number of hydrogen-bond acceptors (Lipinski definition) is 3. The van der Waals surface area contributed by atoms with Crippen molar-refractivity contribution < 1.29 is 14.3 Å². The molecule has 0 bridgehead atoms. The Labute approximate surface area is 170 Å². The lowest BCUT2D eigenvalue weighted by atomic mass is 10.1. The average molecular weight is 391 g/mol. The maximum atomic E-state index is 12.4. The second kappa shape index (κ2) is 9.59. The van der Waals surface area contributed by atoms with Gasteiger partial charge in [-0.1, -0.05) is 32.0 Å². The molecule has 0 aliphatic carbocycles. The zero-order valence-corrected chi connectivity index (χ0v) is 16.6. The van der Waals surface area contributed by atoms with E-state index in [9.17, 15) is 9.59 Å². The fraction of sp³-hybridized carbons (Fsp3) is 0.217. The Kier molecular flexibility index (Phi) is 6.68. The molecular weight excluding hydrogens is 366 g/mol. The maximum absolute atomic E-state index is 12.4. The van der Waals surface area contributed by atoms with Crippen LogP contribution in [0.3, 0.4) is 0 Å². The molecule has 3 aromatic rings. The monoisotopic (exact) mass is 391 g/mol. The van der Waals surface area contributed by atoms with Gasteiger partial charge < -0.3 is 14.6 Å². The van der Waals surface area contributed by atoms with Crippen LogP contribution in [0.15, 0.2) is 73.1 Å². The van der Waals surface area contributed by atoms with Gasteiger partial charge in [-0.15, -0.1) is 0 Å². The number of ether oxygens (including phenoxy) is 1. The highest BCUT2D eigenvalue weighted by Gasteiger charge is 2.08. The molecule has 1 aromatic heterocycles. The average Bonchev–Trinajstić information content (AvgIpc) is 3.22. The third kappa shape index (κ3) is 6.24. The van der Waals surface area contributed by atoms with E-state index in [0.717, 1.165) is 11.3 Å². The standard InChI is InChI=1S/C23H25N3O3/c1-17(2)16-29-23(28)25-20-7-5-6-19(15-20)24-22(27)14-18-8-10-21(11-9-18)26-12-3-4-13-26/h3-13,15,17H,14,16H2,1-2H3,(H,24,27)(H,25,28). The summed E-state index contributed by atoms with van der Waals surface area (Å²) in [6, 6.07) is 18.8. The van der Waals surface area contributed by atoms with E-state index < -0.39 is 6.09 Å². The zero-order chi connectivity index (χ0) is 20.6. The number of nitrogens with zero attached hydrogens (tertiary/aromatic N) is 1. The highest BCUT2D eigenvalue weighted by molar-refractivity contribution is 5.93. The molecule has 0 fully saturated rings. The second-order valence-electron chi connectivity index (χ2n) is 7.18. The van der Waals surface area contributed by atoms with Crippen molar-refractivity contribution >= 4 is 23.4 Å². The molecule has 0 radical (unpaired) electrons. The lowest BCUT2D eigenvalue weighted by Gasteiger charge is -2.11. The van der Waals surface area contributed by atoms with Crippen molar-refractivity contribution in [2.24, 2.45) is 5.92 Å². The molecule has 0 saturated carbocycles. The predicted molar refractivity (Wildman–Crippen MR) is 114 cm³/mol.